The summed E-state index contributed by atoms with van der Waals surface area (Å²) in [6.45, 7) is 1.44. The molecule has 1 aliphatic rings. The Bertz CT molecular complexity index is 789. The van der Waals surface area contributed by atoms with Crippen molar-refractivity contribution in [3.05, 3.63) is 65.5 Å². The van der Waals surface area contributed by atoms with Crippen LogP contribution in [0.4, 0.5) is 0 Å². The summed E-state index contributed by atoms with van der Waals surface area (Å²) in [6, 6.07) is 14.0. The number of aromatic nitrogens is 2. The minimum atomic E-state index is 0.0440. The molecule has 1 aliphatic heterocycles. The number of pyridine rings is 1. The van der Waals surface area contributed by atoms with Crippen LogP contribution in [0.25, 0.3) is 11.0 Å². The average molecular weight is 277 g/mol. The molecule has 0 saturated heterocycles. The predicted octanol–water partition coefficient (Wildman–Crippen LogP) is 2.76. The van der Waals surface area contributed by atoms with Gasteiger partial charge in [0.1, 0.15) is 5.69 Å². The maximum atomic E-state index is 12.6. The fraction of sp³-hybridized carbons (Fsp3) is 0.176. The fourth-order valence-corrected chi connectivity index (χ4v) is 2.91. The molecule has 0 atom stereocenters. The molecule has 3 heterocycles. The molecule has 1 aromatic carbocycles. The van der Waals surface area contributed by atoms with Gasteiger partial charge in [-0.05, 0) is 35.7 Å². The van der Waals surface area contributed by atoms with Gasteiger partial charge in [0, 0.05) is 19.3 Å². The summed E-state index contributed by atoms with van der Waals surface area (Å²) in [5, 5.41) is 0. The molecule has 4 nitrogen and oxygen atoms in total. The average Bonchev–Trinajstić information content (AvgIpc) is 2.97. The van der Waals surface area contributed by atoms with Gasteiger partial charge in [0.15, 0.2) is 0 Å². The lowest BCUT2D eigenvalue weighted by Crippen LogP contribution is -2.36. The molecule has 1 amide bonds. The van der Waals surface area contributed by atoms with Gasteiger partial charge in [-0.2, -0.15) is 0 Å². The van der Waals surface area contributed by atoms with Crippen LogP contribution in [-0.2, 0) is 13.0 Å². The Labute approximate surface area is 122 Å². The number of carbonyl (C=O) groups is 1. The SMILES string of the molecule is O=C(c1cc2ncccc2[nH]1)N1CCc2ccccc2C1. The number of hydrogen-bond donors (Lipinski definition) is 1. The predicted molar refractivity (Wildman–Crippen MR) is 81.0 cm³/mol. The zero-order chi connectivity index (χ0) is 14.2. The Morgan fingerprint density at radius 2 is 2.00 bits per heavy atom. The third-order valence-corrected chi connectivity index (χ3v) is 4.04. The van der Waals surface area contributed by atoms with Crippen LogP contribution >= 0.6 is 0 Å². The number of hydrogen-bond acceptors (Lipinski definition) is 2. The molecule has 0 radical (unpaired) electrons. The lowest BCUT2D eigenvalue weighted by atomic mass is 10.00. The Hall–Kier alpha value is -2.62. The van der Waals surface area contributed by atoms with Crippen LogP contribution in [0.2, 0.25) is 0 Å². The first-order valence-electron chi connectivity index (χ1n) is 7.11. The van der Waals surface area contributed by atoms with Gasteiger partial charge in [-0.1, -0.05) is 24.3 Å². The van der Waals surface area contributed by atoms with Gasteiger partial charge in [-0.25, -0.2) is 0 Å². The number of fused-ring (bicyclic) bond motifs is 2. The highest BCUT2D eigenvalue weighted by Gasteiger charge is 2.22. The summed E-state index contributed by atoms with van der Waals surface area (Å²) in [4.78, 5) is 22.0. The number of nitrogens with zero attached hydrogens (tertiary/aromatic N) is 2. The summed E-state index contributed by atoms with van der Waals surface area (Å²) in [5.74, 6) is 0.0440. The van der Waals surface area contributed by atoms with E-state index in [4.69, 9.17) is 0 Å². The van der Waals surface area contributed by atoms with Crippen molar-refractivity contribution in [2.24, 2.45) is 0 Å². The molecule has 1 N–H and O–H groups in total. The number of nitrogens with one attached hydrogen (secondary N) is 1. The van der Waals surface area contributed by atoms with E-state index in [1.807, 2.05) is 29.2 Å². The van der Waals surface area contributed by atoms with Crippen molar-refractivity contribution in [2.45, 2.75) is 13.0 Å². The minimum Gasteiger partial charge on any atom is -0.349 e. The first-order chi connectivity index (χ1) is 10.3. The third-order valence-electron chi connectivity index (χ3n) is 4.04. The van der Waals surface area contributed by atoms with E-state index in [0.717, 1.165) is 24.0 Å². The van der Waals surface area contributed by atoms with E-state index in [9.17, 15) is 4.79 Å². The van der Waals surface area contributed by atoms with E-state index >= 15 is 0 Å². The van der Waals surface area contributed by atoms with Crippen LogP contribution in [0.3, 0.4) is 0 Å². The van der Waals surface area contributed by atoms with Gasteiger partial charge in [0.25, 0.3) is 5.91 Å². The van der Waals surface area contributed by atoms with E-state index < -0.39 is 0 Å². The van der Waals surface area contributed by atoms with Gasteiger partial charge in [0.2, 0.25) is 0 Å². The Balaban J connectivity index is 1.63. The molecule has 0 fully saturated rings. The smallest absolute Gasteiger partial charge is 0.270 e. The van der Waals surface area contributed by atoms with Crippen LogP contribution < -0.4 is 0 Å². The molecule has 0 aliphatic carbocycles. The summed E-state index contributed by atoms with van der Waals surface area (Å²) in [6.07, 6.45) is 2.65. The number of amides is 1. The van der Waals surface area contributed by atoms with Crippen molar-refractivity contribution in [2.75, 3.05) is 6.54 Å². The zero-order valence-electron chi connectivity index (χ0n) is 11.5. The second-order valence-electron chi connectivity index (χ2n) is 5.36. The van der Waals surface area contributed by atoms with Crippen LogP contribution in [0.5, 0.6) is 0 Å². The normalized spacial score (nSPS) is 14.2. The number of carbonyl (C=O) groups excluding carboxylic acids is 1. The van der Waals surface area contributed by atoms with E-state index in [-0.39, 0.29) is 5.91 Å². The maximum absolute atomic E-state index is 12.6. The molecule has 4 heteroatoms. The van der Waals surface area contributed by atoms with Crippen molar-refractivity contribution >= 4 is 16.9 Å². The summed E-state index contributed by atoms with van der Waals surface area (Å²) in [5.41, 5.74) is 4.94. The lowest BCUT2D eigenvalue weighted by Gasteiger charge is -2.28. The molecular formula is C17H15N3O. The van der Waals surface area contributed by atoms with Crippen molar-refractivity contribution in [1.82, 2.24) is 14.9 Å². The van der Waals surface area contributed by atoms with E-state index in [2.05, 4.69) is 28.2 Å². The molecule has 2 aromatic heterocycles. The molecule has 104 valence electrons. The van der Waals surface area contributed by atoms with Gasteiger partial charge < -0.3 is 9.88 Å². The molecule has 4 rings (SSSR count). The van der Waals surface area contributed by atoms with Gasteiger partial charge >= 0.3 is 0 Å². The molecule has 0 saturated carbocycles. The highest BCUT2D eigenvalue weighted by Crippen LogP contribution is 2.21. The van der Waals surface area contributed by atoms with Crippen LogP contribution in [-0.4, -0.2) is 27.3 Å². The number of H-pyrrole nitrogens is 1. The minimum absolute atomic E-state index is 0.0440. The molecule has 0 unspecified atom stereocenters. The standard InChI is InChI=1S/C17H15N3O/c21-17(16-10-15-14(19-16)6-3-8-18-15)20-9-7-12-4-1-2-5-13(12)11-20/h1-6,8,10,19H,7,9,11H2. The molecule has 3 aromatic rings. The van der Waals surface area contributed by atoms with E-state index in [1.165, 1.54) is 11.1 Å². The molecule has 0 spiro atoms. The van der Waals surface area contributed by atoms with Gasteiger partial charge in [0.05, 0.1) is 11.0 Å². The van der Waals surface area contributed by atoms with Crippen molar-refractivity contribution in [3.63, 3.8) is 0 Å². The van der Waals surface area contributed by atoms with Gasteiger partial charge in [-0.15, -0.1) is 0 Å². The monoisotopic (exact) mass is 277 g/mol. The van der Waals surface area contributed by atoms with Gasteiger partial charge in [-0.3, -0.25) is 9.78 Å². The van der Waals surface area contributed by atoms with Crippen LogP contribution in [0.15, 0.2) is 48.7 Å². The first kappa shape index (κ1) is 12.1. The summed E-state index contributed by atoms with van der Waals surface area (Å²) >= 11 is 0. The quantitative estimate of drug-likeness (QED) is 0.743. The Morgan fingerprint density at radius 1 is 1.14 bits per heavy atom. The Morgan fingerprint density at radius 3 is 2.86 bits per heavy atom. The van der Waals surface area contributed by atoms with E-state index in [0.29, 0.717) is 12.2 Å². The topological polar surface area (TPSA) is 49.0 Å². The highest BCUT2D eigenvalue weighted by atomic mass is 16.2. The van der Waals surface area contributed by atoms with Crippen LogP contribution in [0.1, 0.15) is 21.6 Å². The Kier molecular flexibility index (Phi) is 2.74. The molecule has 21 heavy (non-hydrogen) atoms. The van der Waals surface area contributed by atoms with Crippen molar-refractivity contribution < 1.29 is 4.79 Å². The number of aromatic amines is 1. The second-order valence-corrected chi connectivity index (χ2v) is 5.36. The van der Waals surface area contributed by atoms with E-state index in [1.54, 1.807) is 6.20 Å². The first-order valence-corrected chi connectivity index (χ1v) is 7.11. The summed E-state index contributed by atoms with van der Waals surface area (Å²) < 4.78 is 0. The second kappa shape index (κ2) is 4.74. The van der Waals surface area contributed by atoms with Crippen LogP contribution in [0, 0.1) is 0 Å². The molecular weight excluding hydrogens is 262 g/mol. The number of benzene rings is 1. The third kappa shape index (κ3) is 2.09. The van der Waals surface area contributed by atoms with Crippen molar-refractivity contribution in [3.8, 4) is 0 Å². The lowest BCUT2D eigenvalue weighted by molar-refractivity contribution is 0.0729. The fourth-order valence-electron chi connectivity index (χ4n) is 2.91. The zero-order valence-corrected chi connectivity index (χ0v) is 11.5. The van der Waals surface area contributed by atoms with Crippen molar-refractivity contribution in [1.29, 1.82) is 0 Å². The number of rotatable bonds is 1. The highest BCUT2D eigenvalue weighted by molar-refractivity contribution is 5.97. The largest absolute Gasteiger partial charge is 0.349 e. The molecule has 0 bridgehead atoms. The maximum Gasteiger partial charge on any atom is 0.270 e. The summed E-state index contributed by atoms with van der Waals surface area (Å²) in [7, 11) is 0.